The molecule has 2 N–H and O–H groups in total. The van der Waals surface area contributed by atoms with Crippen molar-refractivity contribution in [2.45, 2.75) is 16.6 Å². The van der Waals surface area contributed by atoms with Crippen LogP contribution in [0.4, 0.5) is 0 Å². The Labute approximate surface area is 122 Å². The summed E-state index contributed by atoms with van der Waals surface area (Å²) in [5.74, 6) is -0.452. The van der Waals surface area contributed by atoms with Crippen LogP contribution in [0.1, 0.15) is 12.0 Å². The van der Waals surface area contributed by atoms with E-state index in [4.69, 9.17) is 5.14 Å². The Bertz CT molecular complexity index is 871. The van der Waals surface area contributed by atoms with Gasteiger partial charge in [-0.2, -0.15) is 0 Å². The molecule has 1 fully saturated rings. The number of carbonyl (C=O) groups excluding carboxylic acids is 1. The van der Waals surface area contributed by atoms with Gasteiger partial charge in [0.15, 0.2) is 0 Å². The highest BCUT2D eigenvalue weighted by Crippen LogP contribution is 2.37. The number of hydrogen-bond donors (Lipinski definition) is 1. The molecule has 1 atom stereocenters. The molecule has 3 rings (SSSR count). The van der Waals surface area contributed by atoms with E-state index in [0.717, 1.165) is 5.41 Å². The van der Waals surface area contributed by atoms with Crippen LogP contribution in [-0.2, 0) is 24.7 Å². The summed E-state index contributed by atoms with van der Waals surface area (Å²) in [4.78, 5) is 13.3. The van der Waals surface area contributed by atoms with Gasteiger partial charge in [0.1, 0.15) is 5.25 Å². The van der Waals surface area contributed by atoms with Crippen molar-refractivity contribution in [3.63, 3.8) is 0 Å². The van der Waals surface area contributed by atoms with Gasteiger partial charge in [-0.05, 0) is 6.07 Å². The molecule has 0 spiro atoms. The first-order chi connectivity index (χ1) is 9.70. The number of rotatable bonds is 2. The molecule has 1 aromatic rings. The fourth-order valence-corrected chi connectivity index (χ4v) is 4.69. The Balaban J connectivity index is 2.06. The maximum atomic E-state index is 12.0. The Morgan fingerprint density at radius 3 is 2.52 bits per heavy atom. The van der Waals surface area contributed by atoms with Gasteiger partial charge < -0.3 is 4.90 Å². The van der Waals surface area contributed by atoms with Crippen LogP contribution in [0.3, 0.4) is 0 Å². The quantitative estimate of drug-likeness (QED) is 0.797. The second-order valence-corrected chi connectivity index (χ2v) is 8.57. The van der Waals surface area contributed by atoms with E-state index in [1.54, 1.807) is 18.2 Å². The number of fused-ring (bicyclic) bond motifs is 1. The predicted octanol–water partition coefficient (Wildman–Crippen LogP) is -0.338. The zero-order valence-corrected chi connectivity index (χ0v) is 12.4. The topological polar surface area (TPSA) is 115 Å². The SMILES string of the molecule is NS(=O)(=O)C1CC(=O)N(C2=CS(=O)(=O)c3ccccc32)C1. The van der Waals surface area contributed by atoms with Crippen LogP contribution in [0.15, 0.2) is 34.6 Å². The van der Waals surface area contributed by atoms with E-state index in [1.165, 1.54) is 11.0 Å². The van der Waals surface area contributed by atoms with Crippen LogP contribution in [0, 0.1) is 0 Å². The Morgan fingerprint density at radius 2 is 1.90 bits per heavy atom. The lowest BCUT2D eigenvalue weighted by molar-refractivity contribution is -0.124. The summed E-state index contributed by atoms with van der Waals surface area (Å²) >= 11 is 0. The van der Waals surface area contributed by atoms with Crippen molar-refractivity contribution in [2.24, 2.45) is 5.14 Å². The molecule has 0 saturated carbocycles. The van der Waals surface area contributed by atoms with Gasteiger partial charge in [0.2, 0.25) is 25.8 Å². The Morgan fingerprint density at radius 1 is 1.24 bits per heavy atom. The highest BCUT2D eigenvalue weighted by atomic mass is 32.2. The molecule has 1 amide bonds. The van der Waals surface area contributed by atoms with E-state index in [0.29, 0.717) is 5.56 Å². The van der Waals surface area contributed by atoms with Crippen molar-refractivity contribution in [3.8, 4) is 0 Å². The number of nitrogens with zero attached hydrogens (tertiary/aromatic N) is 1. The number of carbonyl (C=O) groups is 1. The number of sulfonamides is 1. The summed E-state index contributed by atoms with van der Waals surface area (Å²) in [5.41, 5.74) is 0.614. The highest BCUT2D eigenvalue weighted by Gasteiger charge is 2.41. The first-order valence-electron chi connectivity index (χ1n) is 6.08. The molecule has 9 heteroatoms. The lowest BCUT2D eigenvalue weighted by Crippen LogP contribution is -2.31. The van der Waals surface area contributed by atoms with Crippen LogP contribution >= 0.6 is 0 Å². The lowest BCUT2D eigenvalue weighted by atomic mass is 10.1. The van der Waals surface area contributed by atoms with Crippen LogP contribution in [-0.4, -0.2) is 39.4 Å². The van der Waals surface area contributed by atoms with E-state index in [-0.39, 0.29) is 23.6 Å². The number of hydrogen-bond acceptors (Lipinski definition) is 5. The minimum absolute atomic E-state index is 0.117. The number of amides is 1. The zero-order valence-electron chi connectivity index (χ0n) is 10.8. The molecule has 0 bridgehead atoms. The molecular weight excluding hydrogens is 316 g/mol. The van der Waals surface area contributed by atoms with Crippen LogP contribution in [0.2, 0.25) is 0 Å². The third kappa shape index (κ3) is 2.27. The van der Waals surface area contributed by atoms with E-state index in [2.05, 4.69) is 0 Å². The molecular formula is C12H12N2O5S2. The number of primary sulfonamides is 1. The van der Waals surface area contributed by atoms with Crippen molar-refractivity contribution in [1.29, 1.82) is 0 Å². The lowest BCUT2D eigenvalue weighted by Gasteiger charge is -2.17. The number of likely N-dealkylation sites (tertiary alicyclic amines) is 1. The largest absolute Gasteiger partial charge is 0.310 e. The molecule has 0 aromatic heterocycles. The molecule has 112 valence electrons. The van der Waals surface area contributed by atoms with Crippen LogP contribution in [0.25, 0.3) is 5.70 Å². The number of nitrogens with two attached hydrogens (primary N) is 1. The fourth-order valence-electron chi connectivity index (χ4n) is 2.54. The van der Waals surface area contributed by atoms with Gasteiger partial charge >= 0.3 is 0 Å². The second-order valence-electron chi connectivity index (χ2n) is 4.96. The van der Waals surface area contributed by atoms with Crippen molar-refractivity contribution < 1.29 is 21.6 Å². The number of benzene rings is 1. The summed E-state index contributed by atoms with van der Waals surface area (Å²) in [7, 11) is -7.45. The summed E-state index contributed by atoms with van der Waals surface area (Å²) in [6.07, 6.45) is -0.238. The molecule has 2 aliphatic heterocycles. The highest BCUT2D eigenvalue weighted by molar-refractivity contribution is 7.95. The minimum atomic E-state index is -3.84. The third-order valence-electron chi connectivity index (χ3n) is 3.58. The zero-order chi connectivity index (χ0) is 15.4. The van der Waals surface area contributed by atoms with Crippen LogP contribution < -0.4 is 5.14 Å². The van der Waals surface area contributed by atoms with Crippen molar-refractivity contribution in [2.75, 3.05) is 6.54 Å². The normalized spacial score (nSPS) is 24.0. The molecule has 1 saturated heterocycles. The first-order valence-corrected chi connectivity index (χ1v) is 9.24. The van der Waals surface area contributed by atoms with Gasteiger partial charge in [0.05, 0.1) is 16.0 Å². The van der Waals surface area contributed by atoms with Gasteiger partial charge in [-0.1, -0.05) is 18.2 Å². The van der Waals surface area contributed by atoms with Gasteiger partial charge in [0, 0.05) is 18.5 Å². The van der Waals surface area contributed by atoms with Gasteiger partial charge in [-0.15, -0.1) is 0 Å². The molecule has 1 unspecified atom stereocenters. The fraction of sp³-hybridized carbons (Fsp3) is 0.250. The van der Waals surface area contributed by atoms with Crippen molar-refractivity contribution >= 4 is 31.5 Å². The average molecular weight is 328 g/mol. The minimum Gasteiger partial charge on any atom is -0.310 e. The summed E-state index contributed by atoms with van der Waals surface area (Å²) in [5, 5.41) is 5.06. The molecule has 21 heavy (non-hydrogen) atoms. The summed E-state index contributed by atoms with van der Waals surface area (Å²) in [6.45, 7) is -0.132. The van der Waals surface area contributed by atoms with Crippen molar-refractivity contribution in [3.05, 3.63) is 35.2 Å². The predicted molar refractivity (Wildman–Crippen MR) is 74.8 cm³/mol. The average Bonchev–Trinajstić information content (AvgIpc) is 2.89. The molecule has 2 aliphatic rings. The van der Waals surface area contributed by atoms with Crippen molar-refractivity contribution in [1.82, 2.24) is 4.90 Å². The van der Waals surface area contributed by atoms with Gasteiger partial charge in [0.25, 0.3) is 0 Å². The molecule has 2 heterocycles. The van der Waals surface area contributed by atoms with E-state index < -0.39 is 31.0 Å². The standard InChI is InChI=1S/C12H12N2O5S2/c13-21(18,19)8-5-12(15)14(6-8)10-7-20(16,17)11-4-2-1-3-9(10)11/h1-4,7-8H,5-6H2,(H2,13,18,19). The van der Waals surface area contributed by atoms with Gasteiger partial charge in [-0.3, -0.25) is 4.79 Å². The molecule has 0 aliphatic carbocycles. The summed E-state index contributed by atoms with van der Waals surface area (Å²) < 4.78 is 46.8. The smallest absolute Gasteiger partial charge is 0.228 e. The second kappa shape index (κ2) is 4.39. The van der Waals surface area contributed by atoms with E-state index >= 15 is 0 Å². The third-order valence-corrected chi connectivity index (χ3v) is 6.33. The molecule has 0 radical (unpaired) electrons. The Hall–Kier alpha value is -1.71. The van der Waals surface area contributed by atoms with Crippen LogP contribution in [0.5, 0.6) is 0 Å². The van der Waals surface area contributed by atoms with Gasteiger partial charge in [-0.25, -0.2) is 22.0 Å². The maximum Gasteiger partial charge on any atom is 0.228 e. The molecule has 1 aromatic carbocycles. The molecule has 7 nitrogen and oxygen atoms in total. The van der Waals surface area contributed by atoms with E-state index in [1.807, 2.05) is 0 Å². The summed E-state index contributed by atoms with van der Waals surface area (Å²) in [6, 6.07) is 6.28. The number of sulfone groups is 1. The Kier molecular flexibility index (Phi) is 2.98. The monoisotopic (exact) mass is 328 g/mol. The maximum absolute atomic E-state index is 12.0. The van der Waals surface area contributed by atoms with E-state index in [9.17, 15) is 21.6 Å². The first kappa shape index (κ1) is 14.2.